The summed E-state index contributed by atoms with van der Waals surface area (Å²) in [5.74, 6) is -0.454. The molecule has 104 valence electrons. The number of hydrogen-bond acceptors (Lipinski definition) is 2. The van der Waals surface area contributed by atoms with E-state index in [9.17, 15) is 14.7 Å². The number of carboxylic acids is 1. The molecule has 1 amide bonds. The summed E-state index contributed by atoms with van der Waals surface area (Å²) in [5, 5.41) is 9.28. The molecular formula is C14H25NO3. The van der Waals surface area contributed by atoms with Gasteiger partial charge in [-0.25, -0.2) is 4.79 Å². The van der Waals surface area contributed by atoms with Gasteiger partial charge in [0.1, 0.15) is 6.04 Å². The first-order valence-corrected chi connectivity index (χ1v) is 6.77. The first-order valence-electron chi connectivity index (χ1n) is 6.77. The topological polar surface area (TPSA) is 57.6 Å². The summed E-state index contributed by atoms with van der Waals surface area (Å²) in [5.41, 5.74) is -0.0955. The van der Waals surface area contributed by atoms with E-state index in [0.717, 1.165) is 12.8 Å². The van der Waals surface area contributed by atoms with Gasteiger partial charge in [-0.05, 0) is 24.2 Å². The molecule has 2 unspecified atom stereocenters. The first kappa shape index (κ1) is 15.0. The molecule has 0 radical (unpaired) electrons. The number of carboxylic acid groups (broad SMARTS) is 1. The molecule has 2 atom stereocenters. The molecule has 0 aliphatic carbocycles. The maximum absolute atomic E-state index is 12.2. The second-order valence-electron chi connectivity index (χ2n) is 6.48. The number of carbonyl (C=O) groups excluding carboxylic acids is 1. The van der Waals surface area contributed by atoms with Crippen molar-refractivity contribution in [3.05, 3.63) is 0 Å². The van der Waals surface area contributed by atoms with Gasteiger partial charge in [0.2, 0.25) is 5.91 Å². The van der Waals surface area contributed by atoms with Gasteiger partial charge in [0.05, 0.1) is 0 Å². The summed E-state index contributed by atoms with van der Waals surface area (Å²) in [6.45, 7) is 8.67. The van der Waals surface area contributed by atoms with Gasteiger partial charge in [-0.3, -0.25) is 4.79 Å². The van der Waals surface area contributed by atoms with Gasteiger partial charge in [-0.15, -0.1) is 0 Å². The van der Waals surface area contributed by atoms with Crippen LogP contribution in [-0.4, -0.2) is 34.5 Å². The van der Waals surface area contributed by atoms with Crippen LogP contribution in [0.5, 0.6) is 0 Å². The average molecular weight is 255 g/mol. The molecular weight excluding hydrogens is 230 g/mol. The van der Waals surface area contributed by atoms with Crippen LogP contribution in [0.15, 0.2) is 0 Å². The minimum atomic E-state index is -0.865. The third-order valence-electron chi connectivity index (χ3n) is 3.58. The first-order chi connectivity index (χ1) is 8.24. The number of rotatable bonds is 3. The quantitative estimate of drug-likeness (QED) is 0.843. The zero-order valence-corrected chi connectivity index (χ0v) is 11.9. The molecule has 1 aliphatic rings. The Morgan fingerprint density at radius 3 is 2.39 bits per heavy atom. The van der Waals surface area contributed by atoms with Crippen LogP contribution >= 0.6 is 0 Å². The van der Waals surface area contributed by atoms with Crippen LogP contribution in [0.25, 0.3) is 0 Å². The van der Waals surface area contributed by atoms with Crippen molar-refractivity contribution in [3.63, 3.8) is 0 Å². The highest BCUT2D eigenvalue weighted by Gasteiger charge is 2.36. The van der Waals surface area contributed by atoms with Crippen molar-refractivity contribution in [2.24, 2.45) is 11.3 Å². The molecule has 1 N–H and O–H groups in total. The van der Waals surface area contributed by atoms with Crippen LogP contribution in [0.1, 0.15) is 53.4 Å². The van der Waals surface area contributed by atoms with E-state index in [1.807, 2.05) is 20.8 Å². The summed E-state index contributed by atoms with van der Waals surface area (Å²) in [4.78, 5) is 25.1. The standard InChI is InChI=1S/C14H25NO3/c1-5-10-6-7-15(11(8-10)13(17)18)12(16)9-14(2,3)4/h10-11H,5-9H2,1-4H3,(H,17,18). The summed E-state index contributed by atoms with van der Waals surface area (Å²) in [7, 11) is 0. The van der Waals surface area contributed by atoms with E-state index in [1.165, 1.54) is 0 Å². The van der Waals surface area contributed by atoms with E-state index in [2.05, 4.69) is 6.92 Å². The zero-order chi connectivity index (χ0) is 13.9. The van der Waals surface area contributed by atoms with E-state index in [0.29, 0.717) is 25.3 Å². The lowest BCUT2D eigenvalue weighted by molar-refractivity contribution is -0.154. The molecule has 1 fully saturated rings. The van der Waals surface area contributed by atoms with E-state index in [4.69, 9.17) is 0 Å². The fourth-order valence-corrected chi connectivity index (χ4v) is 2.50. The summed E-state index contributed by atoms with van der Waals surface area (Å²) in [6, 6.07) is -0.626. The minimum absolute atomic E-state index is 0.0237. The molecule has 1 aliphatic heterocycles. The monoisotopic (exact) mass is 255 g/mol. The molecule has 0 aromatic heterocycles. The van der Waals surface area contributed by atoms with Crippen LogP contribution in [0, 0.1) is 11.3 Å². The van der Waals surface area contributed by atoms with E-state index >= 15 is 0 Å². The lowest BCUT2D eigenvalue weighted by Crippen LogP contribution is -2.50. The maximum atomic E-state index is 12.2. The molecule has 0 bridgehead atoms. The van der Waals surface area contributed by atoms with Crippen LogP contribution < -0.4 is 0 Å². The van der Waals surface area contributed by atoms with Gasteiger partial charge in [0, 0.05) is 13.0 Å². The van der Waals surface area contributed by atoms with Crippen LogP contribution in [0.4, 0.5) is 0 Å². The third-order valence-corrected chi connectivity index (χ3v) is 3.58. The van der Waals surface area contributed by atoms with E-state index in [1.54, 1.807) is 4.90 Å². The Hall–Kier alpha value is -1.06. The third kappa shape index (κ3) is 4.00. The molecule has 18 heavy (non-hydrogen) atoms. The number of carbonyl (C=O) groups is 2. The number of piperidine rings is 1. The number of likely N-dealkylation sites (tertiary alicyclic amines) is 1. The number of hydrogen-bond donors (Lipinski definition) is 1. The highest BCUT2D eigenvalue weighted by Crippen LogP contribution is 2.28. The van der Waals surface area contributed by atoms with Gasteiger partial charge in [-0.1, -0.05) is 34.1 Å². The fraction of sp³-hybridized carbons (Fsp3) is 0.857. The smallest absolute Gasteiger partial charge is 0.326 e. The minimum Gasteiger partial charge on any atom is -0.480 e. The number of nitrogens with zero attached hydrogens (tertiary/aromatic N) is 1. The molecule has 0 spiro atoms. The van der Waals surface area contributed by atoms with Crippen molar-refractivity contribution in [2.45, 2.75) is 59.4 Å². The molecule has 0 aromatic carbocycles. The molecule has 1 heterocycles. The van der Waals surface area contributed by atoms with E-state index in [-0.39, 0.29) is 11.3 Å². The maximum Gasteiger partial charge on any atom is 0.326 e. The van der Waals surface area contributed by atoms with Crippen molar-refractivity contribution in [1.29, 1.82) is 0 Å². The largest absolute Gasteiger partial charge is 0.480 e. The number of aliphatic carboxylic acids is 1. The fourth-order valence-electron chi connectivity index (χ4n) is 2.50. The highest BCUT2D eigenvalue weighted by atomic mass is 16.4. The predicted octanol–water partition coefficient (Wildman–Crippen LogP) is 2.52. The second kappa shape index (κ2) is 5.72. The summed E-state index contributed by atoms with van der Waals surface area (Å²) >= 11 is 0. The summed E-state index contributed by atoms with van der Waals surface area (Å²) in [6.07, 6.45) is 2.93. The molecule has 0 saturated carbocycles. The molecule has 4 nitrogen and oxygen atoms in total. The van der Waals surface area contributed by atoms with Crippen LogP contribution in [0.2, 0.25) is 0 Å². The van der Waals surface area contributed by atoms with Crippen molar-refractivity contribution in [1.82, 2.24) is 4.90 Å². The van der Waals surface area contributed by atoms with Gasteiger partial charge in [0.25, 0.3) is 0 Å². The Bertz CT molecular complexity index is 319. The zero-order valence-electron chi connectivity index (χ0n) is 11.9. The van der Waals surface area contributed by atoms with Crippen molar-refractivity contribution >= 4 is 11.9 Å². The Kier molecular flexibility index (Phi) is 4.77. The normalized spacial score (nSPS) is 25.0. The molecule has 1 rings (SSSR count). The lowest BCUT2D eigenvalue weighted by atomic mass is 9.86. The van der Waals surface area contributed by atoms with E-state index < -0.39 is 12.0 Å². The van der Waals surface area contributed by atoms with Crippen molar-refractivity contribution in [3.8, 4) is 0 Å². The Morgan fingerprint density at radius 1 is 1.33 bits per heavy atom. The van der Waals surface area contributed by atoms with Gasteiger partial charge < -0.3 is 10.0 Å². The molecule has 0 aromatic rings. The van der Waals surface area contributed by atoms with Gasteiger partial charge in [-0.2, -0.15) is 0 Å². The Morgan fingerprint density at radius 2 is 1.94 bits per heavy atom. The number of amides is 1. The van der Waals surface area contributed by atoms with Crippen molar-refractivity contribution < 1.29 is 14.7 Å². The molecule has 4 heteroatoms. The van der Waals surface area contributed by atoms with Gasteiger partial charge >= 0.3 is 5.97 Å². The SMILES string of the molecule is CCC1CCN(C(=O)CC(C)(C)C)C(C(=O)O)C1. The van der Waals surface area contributed by atoms with Crippen LogP contribution in [-0.2, 0) is 9.59 Å². The van der Waals surface area contributed by atoms with Crippen molar-refractivity contribution in [2.75, 3.05) is 6.54 Å². The summed E-state index contributed by atoms with van der Waals surface area (Å²) < 4.78 is 0. The van der Waals surface area contributed by atoms with Crippen LogP contribution in [0.3, 0.4) is 0 Å². The Labute approximate surface area is 109 Å². The highest BCUT2D eigenvalue weighted by molar-refractivity contribution is 5.84. The molecule has 1 saturated heterocycles. The Balaban J connectivity index is 2.74. The average Bonchev–Trinajstić information content (AvgIpc) is 2.25. The lowest BCUT2D eigenvalue weighted by Gasteiger charge is -2.38. The van der Waals surface area contributed by atoms with Gasteiger partial charge in [0.15, 0.2) is 0 Å². The predicted molar refractivity (Wildman–Crippen MR) is 70.2 cm³/mol. The second-order valence-corrected chi connectivity index (χ2v) is 6.48.